The third kappa shape index (κ3) is 3.34. The number of rotatable bonds is 5. The fraction of sp³-hybridized carbons (Fsp3) is 0.227. The highest BCUT2D eigenvalue weighted by molar-refractivity contribution is 5.98. The van der Waals surface area contributed by atoms with Gasteiger partial charge in [0, 0.05) is 30.1 Å². The van der Waals surface area contributed by atoms with E-state index in [2.05, 4.69) is 11.1 Å². The minimum absolute atomic E-state index is 0.283. The van der Waals surface area contributed by atoms with E-state index >= 15 is 0 Å². The fourth-order valence-corrected chi connectivity index (χ4v) is 3.33. The monoisotopic (exact) mass is 359 g/mol. The van der Waals surface area contributed by atoms with Gasteiger partial charge in [-0.25, -0.2) is 4.79 Å². The van der Waals surface area contributed by atoms with Crippen LogP contribution in [-0.4, -0.2) is 22.1 Å². The number of nitrogens with zero attached hydrogens (tertiary/aromatic N) is 3. The third-order valence-corrected chi connectivity index (χ3v) is 4.57. The molecular weight excluding hydrogens is 338 g/mol. The smallest absolute Gasteiger partial charge is 0.355 e. The van der Waals surface area contributed by atoms with Gasteiger partial charge in [-0.05, 0) is 31.0 Å². The molecule has 0 saturated heterocycles. The van der Waals surface area contributed by atoms with Gasteiger partial charge in [-0.2, -0.15) is 5.26 Å². The van der Waals surface area contributed by atoms with Gasteiger partial charge in [0.1, 0.15) is 11.8 Å². The van der Waals surface area contributed by atoms with Crippen LogP contribution in [0.15, 0.2) is 48.7 Å². The minimum atomic E-state index is -0.417. The molecule has 0 bridgehead atoms. The zero-order valence-electron chi connectivity index (χ0n) is 15.7. The Kier molecular flexibility index (Phi) is 5.37. The van der Waals surface area contributed by atoms with Crippen LogP contribution in [0, 0.1) is 11.3 Å². The lowest BCUT2D eigenvalue weighted by Crippen LogP contribution is -2.12. The number of aromatic nitrogens is 2. The largest absolute Gasteiger partial charge is 0.461 e. The number of carbonyl (C=O) groups is 1. The van der Waals surface area contributed by atoms with Crippen LogP contribution in [-0.2, 0) is 18.2 Å². The number of pyridine rings is 1. The molecule has 3 aromatic rings. The van der Waals surface area contributed by atoms with E-state index in [0.717, 1.165) is 22.5 Å². The van der Waals surface area contributed by atoms with E-state index in [9.17, 15) is 10.1 Å². The molecule has 0 amide bonds. The molecule has 136 valence electrons. The van der Waals surface area contributed by atoms with E-state index in [0.29, 0.717) is 23.2 Å². The highest BCUT2D eigenvalue weighted by atomic mass is 16.5. The van der Waals surface area contributed by atoms with Crippen molar-refractivity contribution in [2.45, 2.75) is 20.3 Å². The zero-order valence-corrected chi connectivity index (χ0v) is 15.7. The summed E-state index contributed by atoms with van der Waals surface area (Å²) in [5.41, 5.74) is 5.04. The Morgan fingerprint density at radius 3 is 2.41 bits per heavy atom. The van der Waals surface area contributed by atoms with Crippen molar-refractivity contribution in [1.82, 2.24) is 9.55 Å². The molecule has 2 heterocycles. The predicted octanol–water partition coefficient (Wildman–Crippen LogP) is 4.36. The van der Waals surface area contributed by atoms with Crippen LogP contribution >= 0.6 is 0 Å². The van der Waals surface area contributed by atoms with Gasteiger partial charge in [0.15, 0.2) is 0 Å². The van der Waals surface area contributed by atoms with Crippen molar-refractivity contribution in [2.24, 2.45) is 7.05 Å². The molecule has 5 heteroatoms. The van der Waals surface area contributed by atoms with E-state index in [-0.39, 0.29) is 6.61 Å². The second kappa shape index (κ2) is 7.88. The third-order valence-electron chi connectivity index (χ3n) is 4.57. The molecule has 27 heavy (non-hydrogen) atoms. The Balaban J connectivity index is 2.15. The number of nitriles is 1. The first-order chi connectivity index (χ1) is 13.1. The summed E-state index contributed by atoms with van der Waals surface area (Å²) >= 11 is 0. The number of carbonyl (C=O) groups excluding carboxylic acids is 1. The predicted molar refractivity (Wildman–Crippen MR) is 104 cm³/mol. The maximum atomic E-state index is 12.6. The van der Waals surface area contributed by atoms with Gasteiger partial charge in [0.25, 0.3) is 0 Å². The summed E-state index contributed by atoms with van der Waals surface area (Å²) in [7, 11) is 1.80. The Morgan fingerprint density at radius 2 is 1.85 bits per heavy atom. The molecule has 5 nitrogen and oxygen atoms in total. The molecule has 0 fully saturated rings. The van der Waals surface area contributed by atoms with E-state index < -0.39 is 5.97 Å². The van der Waals surface area contributed by atoms with Crippen LogP contribution in [0.4, 0.5) is 0 Å². The van der Waals surface area contributed by atoms with Gasteiger partial charge in [0.05, 0.1) is 17.9 Å². The van der Waals surface area contributed by atoms with Gasteiger partial charge in [-0.1, -0.05) is 37.3 Å². The normalized spacial score (nSPS) is 10.4. The van der Waals surface area contributed by atoms with Crippen molar-refractivity contribution < 1.29 is 9.53 Å². The average molecular weight is 359 g/mol. The first kappa shape index (κ1) is 18.4. The molecule has 3 rings (SSSR count). The van der Waals surface area contributed by atoms with Gasteiger partial charge < -0.3 is 9.30 Å². The van der Waals surface area contributed by atoms with Crippen molar-refractivity contribution >= 4 is 5.97 Å². The Morgan fingerprint density at radius 1 is 1.15 bits per heavy atom. The summed E-state index contributed by atoms with van der Waals surface area (Å²) in [6, 6.07) is 15.8. The molecular formula is C22H21N3O2. The van der Waals surface area contributed by atoms with Crippen molar-refractivity contribution in [2.75, 3.05) is 6.61 Å². The molecule has 2 aromatic heterocycles. The summed E-state index contributed by atoms with van der Waals surface area (Å²) in [4.78, 5) is 16.9. The lowest BCUT2D eigenvalue weighted by molar-refractivity contribution is 0.0516. The standard InChI is InChI=1S/C22H21N3O2/c1-4-19-17(14-23)20(21(25(19)3)22(26)27-5-2)16-11-9-15(10-12-16)18-8-6-7-13-24-18/h6-13H,4-5H2,1-3H3. The molecule has 0 aliphatic heterocycles. The van der Waals surface area contributed by atoms with Gasteiger partial charge in [0.2, 0.25) is 0 Å². The first-order valence-corrected chi connectivity index (χ1v) is 8.92. The van der Waals surface area contributed by atoms with E-state index in [1.165, 1.54) is 0 Å². The van der Waals surface area contributed by atoms with Crippen LogP contribution in [0.2, 0.25) is 0 Å². The highest BCUT2D eigenvalue weighted by Gasteiger charge is 2.26. The maximum Gasteiger partial charge on any atom is 0.355 e. The zero-order chi connectivity index (χ0) is 19.4. The van der Waals surface area contributed by atoms with Crippen molar-refractivity contribution in [3.63, 3.8) is 0 Å². The molecule has 0 aliphatic carbocycles. The first-order valence-electron chi connectivity index (χ1n) is 8.92. The summed E-state index contributed by atoms with van der Waals surface area (Å²) in [5.74, 6) is -0.417. The lowest BCUT2D eigenvalue weighted by atomic mass is 9.98. The van der Waals surface area contributed by atoms with Crippen molar-refractivity contribution in [3.8, 4) is 28.5 Å². The van der Waals surface area contributed by atoms with E-state index in [4.69, 9.17) is 4.74 Å². The van der Waals surface area contributed by atoms with Gasteiger partial charge in [-0.15, -0.1) is 0 Å². The Labute approximate surface area is 158 Å². The maximum absolute atomic E-state index is 12.6. The van der Waals surface area contributed by atoms with Crippen LogP contribution in [0.3, 0.4) is 0 Å². The second-order valence-electron chi connectivity index (χ2n) is 6.08. The topological polar surface area (TPSA) is 67.9 Å². The Hall–Kier alpha value is -3.39. The SMILES string of the molecule is CCOC(=O)c1c(-c2ccc(-c3ccccn3)cc2)c(C#N)c(CC)n1C. The number of hydrogen-bond acceptors (Lipinski definition) is 4. The highest BCUT2D eigenvalue weighted by Crippen LogP contribution is 2.34. The van der Waals surface area contributed by atoms with Crippen LogP contribution in [0.25, 0.3) is 22.4 Å². The molecule has 0 saturated carbocycles. The number of ether oxygens (including phenoxy) is 1. The quantitative estimate of drug-likeness (QED) is 0.635. The van der Waals surface area contributed by atoms with Gasteiger partial charge in [-0.3, -0.25) is 4.98 Å². The molecule has 0 N–H and O–H groups in total. The minimum Gasteiger partial charge on any atom is -0.461 e. The number of esters is 1. The lowest BCUT2D eigenvalue weighted by Gasteiger charge is -2.09. The summed E-state index contributed by atoms with van der Waals surface area (Å²) in [6.45, 7) is 4.03. The second-order valence-corrected chi connectivity index (χ2v) is 6.08. The van der Waals surface area contributed by atoms with Crippen LogP contribution in [0.5, 0.6) is 0 Å². The van der Waals surface area contributed by atoms with Gasteiger partial charge >= 0.3 is 5.97 Å². The molecule has 0 atom stereocenters. The molecule has 0 unspecified atom stereocenters. The fourth-order valence-electron chi connectivity index (χ4n) is 3.33. The number of hydrogen-bond donors (Lipinski definition) is 0. The summed E-state index contributed by atoms with van der Waals surface area (Å²) < 4.78 is 7.02. The molecule has 0 radical (unpaired) electrons. The Bertz CT molecular complexity index is 997. The summed E-state index contributed by atoms with van der Waals surface area (Å²) in [6.07, 6.45) is 2.40. The summed E-state index contributed by atoms with van der Waals surface area (Å²) in [5, 5.41) is 9.75. The van der Waals surface area contributed by atoms with Crippen molar-refractivity contribution in [1.29, 1.82) is 5.26 Å². The van der Waals surface area contributed by atoms with E-state index in [1.807, 2.05) is 49.4 Å². The molecule has 1 aromatic carbocycles. The molecule has 0 spiro atoms. The number of benzene rings is 1. The van der Waals surface area contributed by atoms with Crippen LogP contribution < -0.4 is 0 Å². The molecule has 0 aliphatic rings. The van der Waals surface area contributed by atoms with Crippen LogP contribution in [0.1, 0.15) is 35.6 Å². The van der Waals surface area contributed by atoms with Crippen molar-refractivity contribution in [3.05, 3.63) is 65.6 Å². The average Bonchev–Trinajstić information content (AvgIpc) is 3.00. The van der Waals surface area contributed by atoms with E-state index in [1.54, 1.807) is 24.7 Å².